The number of carboxylic acids is 2. The van der Waals surface area contributed by atoms with Crippen molar-refractivity contribution in [2.24, 2.45) is 0 Å². The molecule has 174 valence electrons. The van der Waals surface area contributed by atoms with Crippen molar-refractivity contribution in [1.29, 1.82) is 0 Å². The molecule has 0 unspecified atom stereocenters. The van der Waals surface area contributed by atoms with Crippen molar-refractivity contribution < 1.29 is 29.4 Å². The van der Waals surface area contributed by atoms with Crippen molar-refractivity contribution in [3.8, 4) is 0 Å². The quantitative estimate of drug-likeness (QED) is 0.0900. The fourth-order valence-corrected chi connectivity index (χ4v) is 2.66. The molecular formula is C22H40N2O6. The second-order valence-electron chi connectivity index (χ2n) is 7.47. The minimum Gasteiger partial charge on any atom is -0.501 e. The molecule has 0 aliphatic carbocycles. The Labute approximate surface area is 180 Å². The number of hydrazine groups is 1. The molecule has 4 N–H and O–H groups in total. The second-order valence-corrected chi connectivity index (χ2v) is 7.47. The summed E-state index contributed by atoms with van der Waals surface area (Å²) in [6.07, 6.45) is 16.9. The van der Waals surface area contributed by atoms with Crippen molar-refractivity contribution in [1.82, 2.24) is 11.0 Å². The van der Waals surface area contributed by atoms with Crippen LogP contribution in [0.5, 0.6) is 0 Å². The lowest BCUT2D eigenvalue weighted by atomic mass is 10.1. The summed E-state index contributed by atoms with van der Waals surface area (Å²) in [6.45, 7) is 4.36. The van der Waals surface area contributed by atoms with Crippen molar-refractivity contribution in [3.05, 3.63) is 23.7 Å². The average Bonchev–Trinajstić information content (AvgIpc) is 2.71. The predicted molar refractivity (Wildman–Crippen MR) is 116 cm³/mol. The summed E-state index contributed by atoms with van der Waals surface area (Å²) < 4.78 is 5.22. The van der Waals surface area contributed by atoms with Gasteiger partial charge in [0.2, 0.25) is 0 Å². The van der Waals surface area contributed by atoms with Crippen molar-refractivity contribution in [3.63, 3.8) is 0 Å². The molecule has 0 spiro atoms. The van der Waals surface area contributed by atoms with Gasteiger partial charge in [-0.25, -0.2) is 15.0 Å². The summed E-state index contributed by atoms with van der Waals surface area (Å²) in [5.74, 6) is -1.93. The van der Waals surface area contributed by atoms with E-state index in [4.69, 9.17) is 19.8 Å². The van der Waals surface area contributed by atoms with Gasteiger partial charge in [0, 0.05) is 6.54 Å². The molecule has 0 aliphatic heterocycles. The molecule has 0 aromatic carbocycles. The number of carboxylic acid groups (broad SMARTS) is 2. The first-order valence-electron chi connectivity index (χ1n) is 11.0. The van der Waals surface area contributed by atoms with Gasteiger partial charge in [0.25, 0.3) is 0 Å². The minimum absolute atomic E-state index is 0.136. The van der Waals surface area contributed by atoms with Gasteiger partial charge in [-0.05, 0) is 26.7 Å². The van der Waals surface area contributed by atoms with Crippen LogP contribution in [0.2, 0.25) is 0 Å². The predicted octanol–water partition coefficient (Wildman–Crippen LogP) is 4.69. The molecule has 0 bridgehead atoms. The fourth-order valence-electron chi connectivity index (χ4n) is 2.66. The third-order valence-corrected chi connectivity index (χ3v) is 4.62. The van der Waals surface area contributed by atoms with Gasteiger partial charge in [0.05, 0.1) is 24.0 Å². The van der Waals surface area contributed by atoms with Crippen LogP contribution in [0.15, 0.2) is 23.7 Å². The Bertz CT molecular complexity index is 474. The van der Waals surface area contributed by atoms with Gasteiger partial charge in [0.15, 0.2) is 0 Å². The Morgan fingerprint density at radius 1 is 0.700 bits per heavy atom. The summed E-state index contributed by atoms with van der Waals surface area (Å²) in [6, 6.07) is 0. The highest BCUT2D eigenvalue weighted by Gasteiger charge is 1.99. The summed E-state index contributed by atoms with van der Waals surface area (Å²) in [5, 5.41) is 17.3. The number of hydrogen-bond acceptors (Lipinski definition) is 6. The van der Waals surface area contributed by atoms with E-state index in [0.29, 0.717) is 6.61 Å². The molecule has 0 saturated heterocycles. The number of ether oxygens (including phenoxy) is 1. The molecule has 0 saturated carbocycles. The molecule has 0 heterocycles. The Morgan fingerprint density at radius 3 is 1.63 bits per heavy atom. The molecule has 30 heavy (non-hydrogen) atoms. The van der Waals surface area contributed by atoms with E-state index in [1.54, 1.807) is 0 Å². The normalized spacial score (nSPS) is 12.1. The number of carbonyl (C=O) groups is 2. The monoisotopic (exact) mass is 428 g/mol. The van der Waals surface area contributed by atoms with E-state index < -0.39 is 11.9 Å². The molecule has 8 nitrogen and oxygen atoms in total. The smallest absolute Gasteiger partial charge is 0.334 e. The number of hydrogen-bond donors (Lipinski definition) is 4. The van der Waals surface area contributed by atoms with E-state index in [-0.39, 0.29) is 11.1 Å². The van der Waals surface area contributed by atoms with Crippen LogP contribution >= 0.6 is 0 Å². The summed E-state index contributed by atoms with van der Waals surface area (Å²) in [4.78, 5) is 26.0. The Balaban J connectivity index is 3.20. The molecule has 0 aromatic heterocycles. The highest BCUT2D eigenvalue weighted by atomic mass is 16.7. The summed E-state index contributed by atoms with van der Waals surface area (Å²) in [5.41, 5.74) is 5.77. The topological polar surface area (TPSA) is 117 Å². The van der Waals surface area contributed by atoms with E-state index in [1.165, 1.54) is 77.9 Å². The number of aliphatic carboxylic acids is 2. The zero-order valence-corrected chi connectivity index (χ0v) is 18.6. The van der Waals surface area contributed by atoms with E-state index in [0.717, 1.165) is 32.1 Å². The Kier molecular flexibility index (Phi) is 18.8. The third-order valence-electron chi connectivity index (χ3n) is 4.62. The van der Waals surface area contributed by atoms with Crippen molar-refractivity contribution in [2.45, 2.75) is 90.9 Å². The standard InChI is InChI=1S/C22H40N2O6/c1-19(21(25)26)17-29-16-14-12-10-8-6-4-3-5-7-9-11-13-15-23-24-30-18-20(2)22(27)28/h17-18,23-24H,3-16H2,1-2H3,(H,25,26)(H,27,28). The van der Waals surface area contributed by atoms with Crippen LogP contribution in [0.25, 0.3) is 0 Å². The third kappa shape index (κ3) is 19.3. The molecule has 0 aliphatic rings. The van der Waals surface area contributed by atoms with E-state index in [9.17, 15) is 9.59 Å². The minimum atomic E-state index is -0.999. The van der Waals surface area contributed by atoms with E-state index in [2.05, 4.69) is 11.0 Å². The highest BCUT2D eigenvalue weighted by molar-refractivity contribution is 5.85. The number of unbranched alkanes of at least 4 members (excludes halogenated alkanes) is 11. The molecule has 0 aromatic rings. The lowest BCUT2D eigenvalue weighted by Gasteiger charge is -2.06. The zero-order chi connectivity index (χ0) is 22.5. The maximum atomic E-state index is 10.6. The summed E-state index contributed by atoms with van der Waals surface area (Å²) in [7, 11) is 0. The average molecular weight is 429 g/mol. The second kappa shape index (κ2) is 20.2. The fraction of sp³-hybridized carbons (Fsp3) is 0.727. The highest BCUT2D eigenvalue weighted by Crippen LogP contribution is 2.12. The van der Waals surface area contributed by atoms with Crippen molar-refractivity contribution >= 4 is 11.9 Å². The van der Waals surface area contributed by atoms with E-state index in [1.807, 2.05) is 0 Å². The Morgan fingerprint density at radius 2 is 1.13 bits per heavy atom. The number of rotatable bonds is 21. The zero-order valence-electron chi connectivity index (χ0n) is 18.6. The first-order chi connectivity index (χ1) is 14.4. The van der Waals surface area contributed by atoms with Crippen LogP contribution in [0, 0.1) is 0 Å². The van der Waals surface area contributed by atoms with E-state index >= 15 is 0 Å². The van der Waals surface area contributed by atoms with Crippen LogP contribution in [0.4, 0.5) is 0 Å². The lowest BCUT2D eigenvalue weighted by Crippen LogP contribution is -2.31. The summed E-state index contributed by atoms with van der Waals surface area (Å²) >= 11 is 0. The number of nitrogens with one attached hydrogen (secondary N) is 2. The first kappa shape index (κ1) is 27.9. The maximum Gasteiger partial charge on any atom is 0.334 e. The van der Waals surface area contributed by atoms with Crippen LogP contribution < -0.4 is 11.0 Å². The lowest BCUT2D eigenvalue weighted by molar-refractivity contribution is -0.133. The first-order valence-corrected chi connectivity index (χ1v) is 11.0. The molecule has 0 atom stereocenters. The van der Waals surface area contributed by atoms with Gasteiger partial charge in [0.1, 0.15) is 6.26 Å². The van der Waals surface area contributed by atoms with Gasteiger partial charge in [-0.3, -0.25) is 0 Å². The van der Waals surface area contributed by atoms with Crippen LogP contribution in [-0.2, 0) is 19.2 Å². The SMILES string of the molecule is CC(=COCCCCCCCCCCCCCCNNOC=C(C)C(=O)O)C(=O)O. The Hall–Kier alpha value is -2.06. The van der Waals surface area contributed by atoms with Gasteiger partial charge in [-0.2, -0.15) is 0 Å². The molecule has 0 fully saturated rings. The maximum absolute atomic E-state index is 10.6. The van der Waals surface area contributed by atoms with Gasteiger partial charge in [-0.15, -0.1) is 0 Å². The van der Waals surface area contributed by atoms with Gasteiger partial charge >= 0.3 is 11.9 Å². The molecule has 8 heteroatoms. The van der Waals surface area contributed by atoms with Crippen molar-refractivity contribution in [2.75, 3.05) is 13.2 Å². The molecule has 0 amide bonds. The largest absolute Gasteiger partial charge is 0.501 e. The van der Waals surface area contributed by atoms with Gasteiger partial charge < -0.3 is 19.8 Å². The molecular weight excluding hydrogens is 388 g/mol. The van der Waals surface area contributed by atoms with Crippen LogP contribution in [0.3, 0.4) is 0 Å². The molecule has 0 rings (SSSR count). The molecule has 0 radical (unpaired) electrons. The van der Waals surface area contributed by atoms with Crippen LogP contribution in [-0.4, -0.2) is 35.3 Å². The van der Waals surface area contributed by atoms with Gasteiger partial charge in [-0.1, -0.05) is 69.8 Å². The van der Waals surface area contributed by atoms with Crippen LogP contribution in [0.1, 0.15) is 90.9 Å².